The summed E-state index contributed by atoms with van der Waals surface area (Å²) < 4.78 is 5.18. The summed E-state index contributed by atoms with van der Waals surface area (Å²) in [5.41, 5.74) is 5.95. The summed E-state index contributed by atoms with van der Waals surface area (Å²) in [5.74, 6) is -1.98. The maximum atomic E-state index is 11.0. The predicted molar refractivity (Wildman–Crippen MR) is 71.1 cm³/mol. The summed E-state index contributed by atoms with van der Waals surface area (Å²) in [6, 6.07) is 3.46. The largest absolute Gasteiger partial charge is 0.493 e. The van der Waals surface area contributed by atoms with Crippen LogP contribution in [0.5, 0.6) is 5.75 Å². The Morgan fingerprint density at radius 3 is 2.47 bits per heavy atom. The lowest BCUT2D eigenvalue weighted by Gasteiger charge is -2.11. The van der Waals surface area contributed by atoms with Crippen molar-refractivity contribution in [3.05, 3.63) is 29.3 Å². The van der Waals surface area contributed by atoms with Gasteiger partial charge >= 0.3 is 11.9 Å². The highest BCUT2D eigenvalue weighted by molar-refractivity contribution is 5.91. The Labute approximate surface area is 116 Å². The first-order valence-electron chi connectivity index (χ1n) is 5.43. The first kappa shape index (κ1) is 17.2. The van der Waals surface area contributed by atoms with Gasteiger partial charge in [0.15, 0.2) is 0 Å². The Hall–Kier alpha value is -1.79. The molecule has 0 aliphatic rings. The monoisotopic (exact) mass is 289 g/mol. The SMILES string of the molecule is CCOc1ccc(CC(N)C(=O)O)cc1C(=O)O.Cl. The molecule has 0 aliphatic heterocycles. The average Bonchev–Trinajstić information content (AvgIpc) is 2.30. The number of rotatable bonds is 6. The van der Waals surface area contributed by atoms with E-state index in [1.54, 1.807) is 13.0 Å². The molecule has 0 radical (unpaired) electrons. The molecular weight excluding hydrogens is 274 g/mol. The Morgan fingerprint density at radius 1 is 1.37 bits per heavy atom. The summed E-state index contributed by atoms with van der Waals surface area (Å²) in [5, 5.41) is 17.7. The van der Waals surface area contributed by atoms with E-state index < -0.39 is 18.0 Å². The van der Waals surface area contributed by atoms with E-state index >= 15 is 0 Å². The summed E-state index contributed by atoms with van der Waals surface area (Å²) in [6.07, 6.45) is 0.0714. The number of carboxylic acid groups (broad SMARTS) is 2. The van der Waals surface area contributed by atoms with E-state index in [4.69, 9.17) is 20.7 Å². The number of hydrogen-bond acceptors (Lipinski definition) is 4. The molecule has 4 N–H and O–H groups in total. The van der Waals surface area contributed by atoms with E-state index in [-0.39, 0.29) is 30.1 Å². The number of carboxylic acids is 2. The van der Waals surface area contributed by atoms with Gasteiger partial charge < -0.3 is 20.7 Å². The van der Waals surface area contributed by atoms with Gasteiger partial charge in [0, 0.05) is 0 Å². The second kappa shape index (κ2) is 7.60. The van der Waals surface area contributed by atoms with Gasteiger partial charge in [0.1, 0.15) is 17.4 Å². The lowest BCUT2D eigenvalue weighted by Crippen LogP contribution is -2.32. The maximum Gasteiger partial charge on any atom is 0.339 e. The number of nitrogens with two attached hydrogens (primary N) is 1. The van der Waals surface area contributed by atoms with Gasteiger partial charge in [-0.05, 0) is 31.0 Å². The van der Waals surface area contributed by atoms with Crippen LogP contribution < -0.4 is 10.5 Å². The third-order valence-electron chi connectivity index (χ3n) is 2.35. The smallest absolute Gasteiger partial charge is 0.339 e. The normalized spacial score (nSPS) is 11.3. The molecule has 0 saturated carbocycles. The van der Waals surface area contributed by atoms with Crippen molar-refractivity contribution in [2.75, 3.05) is 6.61 Å². The lowest BCUT2D eigenvalue weighted by molar-refractivity contribution is -0.138. The fraction of sp³-hybridized carbons (Fsp3) is 0.333. The third-order valence-corrected chi connectivity index (χ3v) is 2.35. The zero-order valence-electron chi connectivity index (χ0n) is 10.3. The van der Waals surface area contributed by atoms with Crippen molar-refractivity contribution in [3.63, 3.8) is 0 Å². The van der Waals surface area contributed by atoms with Crippen LogP contribution in [-0.2, 0) is 11.2 Å². The topological polar surface area (TPSA) is 110 Å². The van der Waals surface area contributed by atoms with E-state index in [2.05, 4.69) is 0 Å². The summed E-state index contributed by atoms with van der Waals surface area (Å²) in [4.78, 5) is 21.7. The van der Waals surface area contributed by atoms with E-state index in [1.807, 2.05) is 0 Å². The fourth-order valence-electron chi connectivity index (χ4n) is 1.49. The Balaban J connectivity index is 0.00000324. The number of aliphatic carboxylic acids is 1. The molecular formula is C12H16ClNO5. The van der Waals surface area contributed by atoms with Crippen LogP contribution in [0.25, 0.3) is 0 Å². The average molecular weight is 290 g/mol. The van der Waals surface area contributed by atoms with E-state index in [0.717, 1.165) is 0 Å². The van der Waals surface area contributed by atoms with Crippen LogP contribution in [0.4, 0.5) is 0 Å². The van der Waals surface area contributed by atoms with Crippen molar-refractivity contribution in [1.29, 1.82) is 0 Å². The van der Waals surface area contributed by atoms with Gasteiger partial charge in [-0.25, -0.2) is 4.79 Å². The van der Waals surface area contributed by atoms with Crippen molar-refractivity contribution in [2.45, 2.75) is 19.4 Å². The van der Waals surface area contributed by atoms with E-state index in [0.29, 0.717) is 12.2 Å². The van der Waals surface area contributed by atoms with Crippen molar-refractivity contribution < 1.29 is 24.5 Å². The van der Waals surface area contributed by atoms with Gasteiger partial charge in [-0.2, -0.15) is 0 Å². The predicted octanol–water partition coefficient (Wildman–Crippen LogP) is 1.16. The van der Waals surface area contributed by atoms with Crippen LogP contribution in [0.3, 0.4) is 0 Å². The second-order valence-electron chi connectivity index (χ2n) is 3.72. The first-order valence-corrected chi connectivity index (χ1v) is 5.43. The van der Waals surface area contributed by atoms with Gasteiger partial charge in [0.25, 0.3) is 0 Å². The molecule has 0 saturated heterocycles. The molecule has 1 rings (SSSR count). The Kier molecular flexibility index (Phi) is 6.89. The lowest BCUT2D eigenvalue weighted by atomic mass is 10.0. The third kappa shape index (κ3) is 4.76. The molecule has 19 heavy (non-hydrogen) atoms. The van der Waals surface area contributed by atoms with Gasteiger partial charge in [-0.3, -0.25) is 4.79 Å². The summed E-state index contributed by atoms with van der Waals surface area (Å²) >= 11 is 0. The summed E-state index contributed by atoms with van der Waals surface area (Å²) in [7, 11) is 0. The van der Waals surface area contributed by atoms with Crippen LogP contribution in [0.2, 0.25) is 0 Å². The molecule has 1 unspecified atom stereocenters. The summed E-state index contributed by atoms with van der Waals surface area (Å²) in [6.45, 7) is 2.11. The molecule has 7 heteroatoms. The molecule has 0 bridgehead atoms. The number of benzene rings is 1. The Morgan fingerprint density at radius 2 is 2.00 bits per heavy atom. The molecule has 0 amide bonds. The van der Waals surface area contributed by atoms with Crippen molar-refractivity contribution >= 4 is 24.3 Å². The van der Waals surface area contributed by atoms with Crippen molar-refractivity contribution in [2.24, 2.45) is 5.73 Å². The highest BCUT2D eigenvalue weighted by Gasteiger charge is 2.16. The van der Waals surface area contributed by atoms with Crippen LogP contribution in [0, 0.1) is 0 Å². The maximum absolute atomic E-state index is 11.0. The minimum absolute atomic E-state index is 0. The van der Waals surface area contributed by atoms with Gasteiger partial charge in [0.05, 0.1) is 6.61 Å². The zero-order valence-corrected chi connectivity index (χ0v) is 11.1. The van der Waals surface area contributed by atoms with Gasteiger partial charge in [0.2, 0.25) is 0 Å². The molecule has 1 aromatic rings. The molecule has 0 fully saturated rings. The first-order chi connectivity index (χ1) is 8.45. The molecule has 0 heterocycles. The highest BCUT2D eigenvalue weighted by Crippen LogP contribution is 2.21. The minimum atomic E-state index is -1.12. The standard InChI is InChI=1S/C12H15NO5.ClH/c1-2-18-10-4-3-7(5-8(10)11(14)15)6-9(13)12(16)17;/h3-5,9H,2,6,13H2,1H3,(H,14,15)(H,16,17);1H. The quantitative estimate of drug-likeness (QED) is 0.725. The van der Waals surface area contributed by atoms with Gasteiger partial charge in [-0.1, -0.05) is 6.07 Å². The van der Waals surface area contributed by atoms with E-state index in [9.17, 15) is 9.59 Å². The zero-order chi connectivity index (χ0) is 13.7. The molecule has 0 aromatic heterocycles. The van der Waals surface area contributed by atoms with Crippen molar-refractivity contribution in [3.8, 4) is 5.75 Å². The van der Waals surface area contributed by atoms with Crippen LogP contribution in [0.15, 0.2) is 18.2 Å². The number of hydrogen-bond donors (Lipinski definition) is 3. The molecule has 0 spiro atoms. The second-order valence-corrected chi connectivity index (χ2v) is 3.72. The van der Waals surface area contributed by atoms with E-state index in [1.165, 1.54) is 12.1 Å². The minimum Gasteiger partial charge on any atom is -0.493 e. The Bertz CT molecular complexity index is 463. The van der Waals surface area contributed by atoms with Crippen LogP contribution in [-0.4, -0.2) is 34.8 Å². The van der Waals surface area contributed by atoms with Crippen LogP contribution in [0.1, 0.15) is 22.8 Å². The van der Waals surface area contributed by atoms with Crippen LogP contribution >= 0.6 is 12.4 Å². The molecule has 1 atom stereocenters. The number of carbonyl (C=O) groups is 2. The number of ether oxygens (including phenoxy) is 1. The molecule has 0 aliphatic carbocycles. The van der Waals surface area contributed by atoms with Crippen molar-refractivity contribution in [1.82, 2.24) is 0 Å². The number of aromatic carboxylic acids is 1. The molecule has 6 nitrogen and oxygen atoms in total. The fourth-order valence-corrected chi connectivity index (χ4v) is 1.49. The highest BCUT2D eigenvalue weighted by atomic mass is 35.5. The number of halogens is 1. The molecule has 1 aromatic carbocycles. The molecule has 106 valence electrons. The van der Waals surface area contributed by atoms with Gasteiger partial charge in [-0.15, -0.1) is 12.4 Å².